The Morgan fingerprint density at radius 2 is 1.88 bits per heavy atom. The number of hydrogen-bond acceptors (Lipinski definition) is 4. The lowest BCUT2D eigenvalue weighted by molar-refractivity contribution is 0.109. The number of rotatable bonds is 10. The van der Waals surface area contributed by atoms with E-state index in [4.69, 9.17) is 13.6 Å². The number of hydrogen-bond donors (Lipinski definition) is 0. The fourth-order valence-corrected chi connectivity index (χ4v) is 3.43. The second kappa shape index (κ2) is 9.47. The molecule has 0 saturated heterocycles. The van der Waals surface area contributed by atoms with E-state index in [0.29, 0.717) is 5.92 Å². The van der Waals surface area contributed by atoms with Crippen molar-refractivity contribution in [1.29, 1.82) is 0 Å². The second-order valence-electron chi connectivity index (χ2n) is 4.28. The molecule has 0 spiro atoms. The van der Waals surface area contributed by atoms with Gasteiger partial charge in [-0.05, 0) is 36.9 Å². The van der Waals surface area contributed by atoms with Gasteiger partial charge in [0.05, 0.1) is 0 Å². The fraction of sp³-hybridized carbons (Fsp3) is 1.00. The summed E-state index contributed by atoms with van der Waals surface area (Å²) in [6.45, 7) is 5.98. The van der Waals surface area contributed by atoms with Gasteiger partial charge in [-0.2, -0.15) is 11.8 Å². The van der Waals surface area contributed by atoms with Crippen LogP contribution in [0, 0.1) is 5.92 Å². The van der Waals surface area contributed by atoms with Crippen LogP contribution in [-0.4, -0.2) is 48.0 Å². The van der Waals surface area contributed by atoms with E-state index in [1.54, 1.807) is 14.2 Å². The summed E-state index contributed by atoms with van der Waals surface area (Å²) in [6, 6.07) is 0.997. The van der Waals surface area contributed by atoms with Gasteiger partial charge in [0.15, 0.2) is 0 Å². The molecule has 0 aliphatic rings. The summed E-state index contributed by atoms with van der Waals surface area (Å²) >= 11 is 1.87. The van der Waals surface area contributed by atoms with Crippen LogP contribution in [-0.2, 0) is 13.6 Å². The molecule has 0 saturated carbocycles. The van der Waals surface area contributed by atoms with Crippen molar-refractivity contribution in [3.8, 4) is 0 Å². The first kappa shape index (κ1) is 16.4. The zero-order chi connectivity index (χ0) is 12.4. The van der Waals surface area contributed by atoms with Crippen molar-refractivity contribution in [2.24, 2.45) is 5.92 Å². The third-order valence-corrected chi connectivity index (χ3v) is 6.53. The monoisotopic (exact) mass is 266 g/mol. The average molecular weight is 266 g/mol. The number of ether oxygens (including phenoxy) is 1. The number of thioether (sulfide) groups is 1. The Morgan fingerprint density at radius 3 is 2.38 bits per heavy atom. The topological polar surface area (TPSA) is 27.7 Å². The van der Waals surface area contributed by atoms with E-state index in [-0.39, 0.29) is 0 Å². The maximum Gasteiger partial charge on any atom is 0.334 e. The van der Waals surface area contributed by atoms with Crippen LogP contribution in [0.15, 0.2) is 0 Å². The van der Waals surface area contributed by atoms with Crippen LogP contribution in [0.2, 0.25) is 12.6 Å². The van der Waals surface area contributed by atoms with Crippen molar-refractivity contribution < 1.29 is 13.6 Å². The molecule has 98 valence electrons. The zero-order valence-electron chi connectivity index (χ0n) is 11.2. The molecular weight excluding hydrogens is 240 g/mol. The maximum atomic E-state index is 5.63. The third-order valence-electron chi connectivity index (χ3n) is 2.64. The van der Waals surface area contributed by atoms with Gasteiger partial charge in [-0.15, -0.1) is 0 Å². The lowest BCUT2D eigenvalue weighted by Gasteiger charge is -2.22. The smallest absolute Gasteiger partial charge is 0.334 e. The molecule has 0 aromatic heterocycles. The van der Waals surface area contributed by atoms with Crippen molar-refractivity contribution in [3.63, 3.8) is 0 Å². The Hall–Kier alpha value is 0.447. The summed E-state index contributed by atoms with van der Waals surface area (Å²) in [5.41, 5.74) is 0. The highest BCUT2D eigenvalue weighted by Crippen LogP contribution is 2.13. The van der Waals surface area contributed by atoms with Crippen LogP contribution < -0.4 is 0 Å². The van der Waals surface area contributed by atoms with Crippen LogP contribution in [0.25, 0.3) is 0 Å². The van der Waals surface area contributed by atoms with E-state index in [9.17, 15) is 0 Å². The first-order chi connectivity index (χ1) is 7.58. The predicted octanol–water partition coefficient (Wildman–Crippen LogP) is 2.76. The van der Waals surface area contributed by atoms with Gasteiger partial charge in [0, 0.05) is 27.4 Å². The van der Waals surface area contributed by atoms with E-state index in [1.165, 1.54) is 5.75 Å². The molecule has 1 atom stereocenters. The normalized spacial score (nSPS) is 14.1. The summed E-state index contributed by atoms with van der Waals surface area (Å²) in [5.74, 6) is 1.81. The molecule has 0 aromatic rings. The highest BCUT2D eigenvalue weighted by molar-refractivity contribution is 7.98. The first-order valence-electron chi connectivity index (χ1n) is 5.75. The maximum absolute atomic E-state index is 5.63. The molecule has 16 heavy (non-hydrogen) atoms. The molecule has 0 radical (unpaired) electrons. The molecule has 0 heterocycles. The van der Waals surface area contributed by atoms with Crippen molar-refractivity contribution in [2.45, 2.75) is 25.9 Å². The largest absolute Gasteiger partial charge is 0.398 e. The summed E-state index contributed by atoms with van der Waals surface area (Å²) in [6.07, 6.45) is 3.15. The summed E-state index contributed by atoms with van der Waals surface area (Å²) in [7, 11) is 1.59. The third kappa shape index (κ3) is 7.68. The van der Waals surface area contributed by atoms with Crippen molar-refractivity contribution in [3.05, 3.63) is 0 Å². The van der Waals surface area contributed by atoms with E-state index in [0.717, 1.165) is 25.7 Å². The van der Waals surface area contributed by atoms with Gasteiger partial charge < -0.3 is 13.6 Å². The summed E-state index contributed by atoms with van der Waals surface area (Å²) < 4.78 is 16.5. The predicted molar refractivity (Wildman–Crippen MR) is 73.4 cm³/mol. The minimum absolute atomic E-state index is 0.642. The van der Waals surface area contributed by atoms with E-state index in [1.807, 2.05) is 11.8 Å². The highest BCUT2D eigenvalue weighted by atomic mass is 32.2. The van der Waals surface area contributed by atoms with Gasteiger partial charge in [0.25, 0.3) is 0 Å². The minimum atomic E-state index is -1.87. The van der Waals surface area contributed by atoms with Gasteiger partial charge in [-0.3, -0.25) is 0 Å². The van der Waals surface area contributed by atoms with Crippen molar-refractivity contribution in [1.82, 2.24) is 0 Å². The van der Waals surface area contributed by atoms with E-state index in [2.05, 4.69) is 19.7 Å². The molecule has 0 aromatic carbocycles. The van der Waals surface area contributed by atoms with E-state index < -0.39 is 8.56 Å². The van der Waals surface area contributed by atoms with Gasteiger partial charge in [-0.1, -0.05) is 6.92 Å². The Kier molecular flexibility index (Phi) is 9.74. The second-order valence-corrected chi connectivity index (χ2v) is 8.78. The van der Waals surface area contributed by atoms with Crippen LogP contribution in [0.3, 0.4) is 0 Å². The molecule has 0 amide bonds. The molecule has 1 unspecified atom stereocenters. The van der Waals surface area contributed by atoms with Crippen LogP contribution >= 0.6 is 11.8 Å². The summed E-state index contributed by atoms with van der Waals surface area (Å²) in [4.78, 5) is 0. The van der Waals surface area contributed by atoms with Gasteiger partial charge in [0.2, 0.25) is 0 Å². The SMILES string of the molecule is CO[Si](C)(CCCOCC(C)CSC)OC. The highest BCUT2D eigenvalue weighted by Gasteiger charge is 2.27. The minimum Gasteiger partial charge on any atom is -0.398 e. The molecule has 5 heteroatoms. The Morgan fingerprint density at radius 1 is 1.25 bits per heavy atom. The molecule has 0 fully saturated rings. The molecule has 3 nitrogen and oxygen atoms in total. The van der Waals surface area contributed by atoms with Gasteiger partial charge >= 0.3 is 8.56 Å². The zero-order valence-corrected chi connectivity index (χ0v) is 13.1. The molecule has 0 N–H and O–H groups in total. The molecule has 0 rings (SSSR count). The van der Waals surface area contributed by atoms with E-state index >= 15 is 0 Å². The Labute approximate surface area is 105 Å². The van der Waals surface area contributed by atoms with Crippen LogP contribution in [0.1, 0.15) is 13.3 Å². The molecule has 0 bridgehead atoms. The molecule has 0 aliphatic carbocycles. The lowest BCUT2D eigenvalue weighted by atomic mass is 10.2. The first-order valence-corrected chi connectivity index (χ1v) is 9.66. The van der Waals surface area contributed by atoms with Crippen molar-refractivity contribution in [2.75, 3.05) is 39.4 Å². The van der Waals surface area contributed by atoms with Gasteiger partial charge in [-0.25, -0.2) is 0 Å². The summed E-state index contributed by atoms with van der Waals surface area (Å²) in [5, 5.41) is 0. The average Bonchev–Trinajstić information content (AvgIpc) is 2.28. The van der Waals surface area contributed by atoms with Gasteiger partial charge in [0.1, 0.15) is 0 Å². The molecule has 0 aliphatic heterocycles. The standard InChI is InChI=1S/C11H26O3SSi/c1-11(10-15-4)9-14-7-6-8-16(5,12-2)13-3/h11H,6-10H2,1-5H3. The van der Waals surface area contributed by atoms with Crippen LogP contribution in [0.5, 0.6) is 0 Å². The van der Waals surface area contributed by atoms with Crippen molar-refractivity contribution >= 4 is 20.3 Å². The Balaban J connectivity index is 3.46. The van der Waals surface area contributed by atoms with Crippen LogP contribution in [0.4, 0.5) is 0 Å². The quantitative estimate of drug-likeness (QED) is 0.449. The fourth-order valence-electron chi connectivity index (χ4n) is 1.40. The molecular formula is C11H26O3SSi. The Bertz CT molecular complexity index is 165. The lowest BCUT2D eigenvalue weighted by Crippen LogP contribution is -2.36.